The fraction of sp³-hybridized carbons (Fsp3) is 0.500. The molecule has 0 aromatic carbocycles. The molecule has 0 aliphatic carbocycles. The zero-order chi connectivity index (χ0) is 4.41. The lowest BCUT2D eigenvalue weighted by molar-refractivity contribution is -0.200. The standard InChI is InChI=1S/C2H2BO3/c4-2-1-3-6-5-2/h1H2. The molecule has 1 saturated heterocycles. The number of hydrogen-bond acceptors (Lipinski definition) is 3. The third kappa shape index (κ3) is 0.516. The maximum atomic E-state index is 9.86. The molecule has 1 heterocycles. The van der Waals surface area contributed by atoms with E-state index in [9.17, 15) is 4.79 Å². The number of rotatable bonds is 0. The van der Waals surface area contributed by atoms with E-state index in [-0.39, 0.29) is 12.3 Å². The molecule has 6 heavy (non-hydrogen) atoms. The highest BCUT2D eigenvalue weighted by molar-refractivity contribution is 6.35. The van der Waals surface area contributed by atoms with E-state index in [4.69, 9.17) is 0 Å². The molecule has 31 valence electrons. The van der Waals surface area contributed by atoms with Crippen LogP contribution in [0.2, 0.25) is 6.32 Å². The Morgan fingerprint density at radius 2 is 2.67 bits per heavy atom. The van der Waals surface area contributed by atoms with E-state index in [1.807, 2.05) is 0 Å². The maximum Gasteiger partial charge on any atom is 0.373 e. The second-order valence-corrected chi connectivity index (χ2v) is 0.922. The van der Waals surface area contributed by atoms with Crippen molar-refractivity contribution in [1.82, 2.24) is 0 Å². The first-order valence-corrected chi connectivity index (χ1v) is 1.57. The van der Waals surface area contributed by atoms with Gasteiger partial charge in [0.15, 0.2) is 0 Å². The average Bonchev–Trinajstić information content (AvgIpc) is 1.86. The summed E-state index contributed by atoms with van der Waals surface area (Å²) in [7, 11) is 1.31. The summed E-state index contributed by atoms with van der Waals surface area (Å²) in [6.07, 6.45) is 0.278. The van der Waals surface area contributed by atoms with Crippen molar-refractivity contribution in [3.63, 3.8) is 0 Å². The van der Waals surface area contributed by atoms with Crippen molar-refractivity contribution in [3.8, 4) is 0 Å². The lowest BCUT2D eigenvalue weighted by Crippen LogP contribution is -1.86. The molecule has 0 unspecified atom stereocenters. The Labute approximate surface area is 35.4 Å². The first kappa shape index (κ1) is 3.68. The smallest absolute Gasteiger partial charge is 0.316 e. The van der Waals surface area contributed by atoms with Crippen LogP contribution in [0.1, 0.15) is 0 Å². The predicted molar refractivity (Wildman–Crippen MR) is 17.7 cm³/mol. The Balaban J connectivity index is 2.37. The molecule has 3 nitrogen and oxygen atoms in total. The summed E-state index contributed by atoms with van der Waals surface area (Å²) >= 11 is 0. The van der Waals surface area contributed by atoms with Crippen molar-refractivity contribution in [2.75, 3.05) is 0 Å². The molecule has 0 N–H and O–H groups in total. The molecule has 0 spiro atoms. The van der Waals surface area contributed by atoms with Gasteiger partial charge >= 0.3 is 13.5 Å². The molecule has 1 aliphatic rings. The van der Waals surface area contributed by atoms with Crippen LogP contribution in [0.5, 0.6) is 0 Å². The van der Waals surface area contributed by atoms with Crippen molar-refractivity contribution in [3.05, 3.63) is 0 Å². The molecule has 1 rings (SSSR count). The predicted octanol–water partition coefficient (Wildman–Crippen LogP) is -0.488. The average molecular weight is 84.8 g/mol. The zero-order valence-electron chi connectivity index (χ0n) is 3.01. The molecule has 0 aromatic heterocycles. The Hall–Kier alpha value is -0.505. The normalized spacial score (nSPS) is 19.7. The Morgan fingerprint density at radius 3 is 2.83 bits per heavy atom. The number of carbonyl (C=O) groups is 1. The van der Waals surface area contributed by atoms with E-state index in [1.54, 1.807) is 0 Å². The van der Waals surface area contributed by atoms with Gasteiger partial charge < -0.3 is 4.89 Å². The molecule has 0 amide bonds. The van der Waals surface area contributed by atoms with Gasteiger partial charge in [0.1, 0.15) is 0 Å². The second-order valence-electron chi connectivity index (χ2n) is 0.922. The van der Waals surface area contributed by atoms with Gasteiger partial charge in [-0.25, -0.2) is 4.79 Å². The van der Waals surface area contributed by atoms with E-state index in [2.05, 4.69) is 9.69 Å². The van der Waals surface area contributed by atoms with Gasteiger partial charge in [-0.2, -0.15) is 0 Å². The summed E-state index contributed by atoms with van der Waals surface area (Å²) in [6.45, 7) is 0. The molecule has 4 heteroatoms. The van der Waals surface area contributed by atoms with Gasteiger partial charge in [-0.15, -0.1) is 0 Å². The SMILES string of the molecule is O=C1C[B]OO1. The topological polar surface area (TPSA) is 35.5 Å². The van der Waals surface area contributed by atoms with Gasteiger partial charge in [-0.3, -0.25) is 4.81 Å². The molecular formula is C2H2BO3. The maximum absolute atomic E-state index is 9.86. The third-order valence-electron chi connectivity index (χ3n) is 0.459. The Bertz CT molecular complexity index is 63.2. The molecule has 0 atom stereocenters. The molecule has 0 saturated carbocycles. The summed E-state index contributed by atoms with van der Waals surface area (Å²) in [5.41, 5.74) is 0. The van der Waals surface area contributed by atoms with E-state index in [0.717, 1.165) is 0 Å². The number of hydrogen-bond donors (Lipinski definition) is 0. The van der Waals surface area contributed by atoms with Gasteiger partial charge in [-0.05, 0) is 0 Å². The minimum absolute atomic E-state index is 0.278. The molecule has 0 aromatic rings. The lowest BCUT2D eigenvalue weighted by Gasteiger charge is -1.81. The van der Waals surface area contributed by atoms with Crippen LogP contribution in [0.25, 0.3) is 0 Å². The van der Waals surface area contributed by atoms with Crippen LogP contribution < -0.4 is 0 Å². The highest BCUT2D eigenvalue weighted by Gasteiger charge is 2.13. The zero-order valence-corrected chi connectivity index (χ0v) is 3.01. The summed E-state index contributed by atoms with van der Waals surface area (Å²) in [4.78, 5) is 17.9. The lowest BCUT2D eigenvalue weighted by atomic mass is 9.98. The minimum Gasteiger partial charge on any atom is -0.316 e. The first-order chi connectivity index (χ1) is 2.89. The molecule has 1 aliphatic heterocycles. The van der Waals surface area contributed by atoms with Crippen LogP contribution >= 0.6 is 0 Å². The minimum atomic E-state index is -0.324. The van der Waals surface area contributed by atoms with Crippen LogP contribution in [0.3, 0.4) is 0 Å². The first-order valence-electron chi connectivity index (χ1n) is 1.57. The van der Waals surface area contributed by atoms with E-state index < -0.39 is 0 Å². The van der Waals surface area contributed by atoms with Gasteiger partial charge in [0.2, 0.25) is 0 Å². The summed E-state index contributed by atoms with van der Waals surface area (Å²) in [6, 6.07) is 0. The van der Waals surface area contributed by atoms with Gasteiger partial charge in [-0.1, -0.05) is 0 Å². The highest BCUT2D eigenvalue weighted by atomic mass is 17.2. The highest BCUT2D eigenvalue weighted by Crippen LogP contribution is 1.95. The summed E-state index contributed by atoms with van der Waals surface area (Å²) < 4.78 is 0. The summed E-state index contributed by atoms with van der Waals surface area (Å²) in [5.74, 6) is -0.324. The monoisotopic (exact) mass is 85.0 g/mol. The quantitative estimate of drug-likeness (QED) is 0.294. The van der Waals surface area contributed by atoms with Crippen molar-refractivity contribution >= 4 is 13.5 Å². The fourth-order valence-corrected chi connectivity index (χ4v) is 0.224. The van der Waals surface area contributed by atoms with Crippen molar-refractivity contribution < 1.29 is 14.5 Å². The van der Waals surface area contributed by atoms with E-state index in [1.165, 1.54) is 7.48 Å². The number of carbonyl (C=O) groups excluding carboxylic acids is 1. The van der Waals surface area contributed by atoms with Crippen molar-refractivity contribution in [2.45, 2.75) is 6.32 Å². The van der Waals surface area contributed by atoms with Crippen LogP contribution in [0.4, 0.5) is 0 Å². The second kappa shape index (κ2) is 1.30. The van der Waals surface area contributed by atoms with Crippen molar-refractivity contribution in [2.24, 2.45) is 0 Å². The van der Waals surface area contributed by atoms with E-state index in [0.29, 0.717) is 0 Å². The molecular weight excluding hydrogens is 82.8 g/mol. The van der Waals surface area contributed by atoms with Gasteiger partial charge in [0.25, 0.3) is 0 Å². The Morgan fingerprint density at radius 1 is 1.83 bits per heavy atom. The fourth-order valence-electron chi connectivity index (χ4n) is 0.224. The molecule has 0 bridgehead atoms. The van der Waals surface area contributed by atoms with E-state index >= 15 is 0 Å². The largest absolute Gasteiger partial charge is 0.373 e. The summed E-state index contributed by atoms with van der Waals surface area (Å²) in [5, 5.41) is 0. The van der Waals surface area contributed by atoms with Crippen LogP contribution in [-0.2, 0) is 14.5 Å². The molecule has 1 fully saturated rings. The van der Waals surface area contributed by atoms with Crippen LogP contribution in [0.15, 0.2) is 0 Å². The third-order valence-corrected chi connectivity index (χ3v) is 0.459. The molecule has 1 radical (unpaired) electrons. The van der Waals surface area contributed by atoms with Crippen LogP contribution in [-0.4, -0.2) is 13.5 Å². The van der Waals surface area contributed by atoms with Crippen molar-refractivity contribution in [1.29, 1.82) is 0 Å². The Kier molecular flexibility index (Phi) is 0.798. The van der Waals surface area contributed by atoms with Crippen LogP contribution in [0, 0.1) is 0 Å². The van der Waals surface area contributed by atoms with Gasteiger partial charge in [0.05, 0.1) is 6.32 Å². The van der Waals surface area contributed by atoms with Gasteiger partial charge in [0, 0.05) is 0 Å².